The minimum Gasteiger partial charge on any atom is -0.395 e. The van der Waals surface area contributed by atoms with E-state index in [4.69, 9.17) is 16.7 Å². The van der Waals surface area contributed by atoms with Crippen LogP contribution in [0, 0.1) is 0 Å². The Kier molecular flexibility index (Phi) is 4.86. The van der Waals surface area contributed by atoms with Crippen molar-refractivity contribution in [3.63, 3.8) is 0 Å². The van der Waals surface area contributed by atoms with E-state index < -0.39 is 0 Å². The van der Waals surface area contributed by atoms with Gasteiger partial charge in [-0.2, -0.15) is 0 Å². The molecule has 0 bridgehead atoms. The van der Waals surface area contributed by atoms with Gasteiger partial charge in [-0.15, -0.1) is 11.3 Å². The number of hydrogen-bond donors (Lipinski definition) is 2. The van der Waals surface area contributed by atoms with Crippen LogP contribution in [0.1, 0.15) is 17.7 Å². The summed E-state index contributed by atoms with van der Waals surface area (Å²) in [7, 11) is 0. The van der Waals surface area contributed by atoms with E-state index in [1.807, 2.05) is 12.1 Å². The lowest BCUT2D eigenvalue weighted by Gasteiger charge is -2.21. The molecule has 0 saturated heterocycles. The Morgan fingerprint density at radius 3 is 2.89 bits per heavy atom. The molecule has 2 rings (SSSR count). The number of nitrogens with zero attached hydrogens (tertiary/aromatic N) is 1. The molecule has 0 aromatic carbocycles. The average Bonchev–Trinajstić information content (AvgIpc) is 3.10. The zero-order chi connectivity index (χ0) is 13.0. The van der Waals surface area contributed by atoms with Crippen LogP contribution in [0.3, 0.4) is 0 Å². The molecule has 1 aliphatic rings. The topological polar surface area (TPSA) is 52.6 Å². The molecule has 2 N–H and O–H groups in total. The van der Waals surface area contributed by atoms with E-state index in [1.54, 1.807) is 4.90 Å². The van der Waals surface area contributed by atoms with E-state index in [0.29, 0.717) is 19.1 Å². The Balaban J connectivity index is 1.73. The van der Waals surface area contributed by atoms with Crippen molar-refractivity contribution in [1.82, 2.24) is 10.2 Å². The summed E-state index contributed by atoms with van der Waals surface area (Å²) in [5, 5.41) is 11.8. The standard InChI is InChI=1S/C12H17ClN2O2S/c13-11-4-3-10(18-11)5-6-14-12(17)15(7-8-16)9-1-2-9/h3-4,9,16H,1-2,5-8H2,(H,14,17). The number of rotatable bonds is 6. The van der Waals surface area contributed by atoms with E-state index in [1.165, 1.54) is 16.2 Å². The number of aliphatic hydroxyl groups is 1. The summed E-state index contributed by atoms with van der Waals surface area (Å²) in [6.45, 7) is 1.04. The maximum Gasteiger partial charge on any atom is 0.317 e. The van der Waals surface area contributed by atoms with Gasteiger partial charge in [0.05, 0.1) is 10.9 Å². The molecule has 4 nitrogen and oxygen atoms in total. The second-order valence-corrected chi connectivity index (χ2v) is 6.14. The molecule has 2 amide bonds. The number of urea groups is 1. The van der Waals surface area contributed by atoms with Gasteiger partial charge in [-0.3, -0.25) is 0 Å². The van der Waals surface area contributed by atoms with Gasteiger partial charge in [0.25, 0.3) is 0 Å². The number of amides is 2. The van der Waals surface area contributed by atoms with E-state index in [9.17, 15) is 4.79 Å². The van der Waals surface area contributed by atoms with Crippen molar-refractivity contribution in [2.45, 2.75) is 25.3 Å². The first-order chi connectivity index (χ1) is 8.70. The highest BCUT2D eigenvalue weighted by molar-refractivity contribution is 7.16. The number of aliphatic hydroxyl groups excluding tert-OH is 1. The molecule has 6 heteroatoms. The molecule has 1 fully saturated rings. The van der Waals surface area contributed by atoms with Crippen molar-refractivity contribution < 1.29 is 9.90 Å². The van der Waals surface area contributed by atoms with Gasteiger partial charge in [0.15, 0.2) is 0 Å². The maximum atomic E-state index is 11.9. The van der Waals surface area contributed by atoms with Crippen molar-refractivity contribution in [3.8, 4) is 0 Å². The SMILES string of the molecule is O=C(NCCc1ccc(Cl)s1)N(CCO)C1CC1. The van der Waals surface area contributed by atoms with Crippen molar-refractivity contribution >= 4 is 29.0 Å². The van der Waals surface area contributed by atoms with Crippen LogP contribution in [0.2, 0.25) is 4.34 Å². The third-order valence-corrected chi connectivity index (χ3v) is 4.16. The molecule has 1 aromatic rings. The third-order valence-electron chi connectivity index (χ3n) is 2.87. The van der Waals surface area contributed by atoms with Crippen LogP contribution < -0.4 is 5.32 Å². The molecule has 1 aliphatic carbocycles. The predicted octanol–water partition coefficient (Wildman–Crippen LogP) is 2.11. The molecule has 18 heavy (non-hydrogen) atoms. The van der Waals surface area contributed by atoms with Crippen LogP contribution >= 0.6 is 22.9 Å². The molecular formula is C12H17ClN2O2S. The summed E-state index contributed by atoms with van der Waals surface area (Å²) >= 11 is 7.38. The first kappa shape index (κ1) is 13.6. The van der Waals surface area contributed by atoms with Crippen LogP contribution in [0.4, 0.5) is 4.79 Å². The summed E-state index contributed by atoms with van der Waals surface area (Å²) in [5.41, 5.74) is 0. The largest absolute Gasteiger partial charge is 0.395 e. The van der Waals surface area contributed by atoms with Crippen molar-refractivity contribution in [1.29, 1.82) is 0 Å². The Morgan fingerprint density at radius 2 is 2.33 bits per heavy atom. The van der Waals surface area contributed by atoms with Crippen molar-refractivity contribution in [2.24, 2.45) is 0 Å². The Labute approximate surface area is 116 Å². The smallest absolute Gasteiger partial charge is 0.317 e. The molecular weight excluding hydrogens is 272 g/mol. The lowest BCUT2D eigenvalue weighted by Crippen LogP contribution is -2.43. The number of carbonyl (C=O) groups excluding carboxylic acids is 1. The fourth-order valence-corrected chi connectivity index (χ4v) is 2.91. The van der Waals surface area contributed by atoms with Gasteiger partial charge >= 0.3 is 6.03 Å². The van der Waals surface area contributed by atoms with Crippen LogP contribution in [-0.4, -0.2) is 41.8 Å². The number of hydrogen-bond acceptors (Lipinski definition) is 3. The number of halogens is 1. The average molecular weight is 289 g/mol. The van der Waals surface area contributed by atoms with Crippen molar-refractivity contribution in [3.05, 3.63) is 21.3 Å². The summed E-state index contributed by atoms with van der Waals surface area (Å²) in [4.78, 5) is 14.8. The zero-order valence-corrected chi connectivity index (χ0v) is 11.6. The quantitative estimate of drug-likeness (QED) is 0.842. The normalized spacial score (nSPS) is 14.6. The molecule has 1 aromatic heterocycles. The summed E-state index contributed by atoms with van der Waals surface area (Å²) in [6.07, 6.45) is 2.89. The number of carbonyl (C=O) groups is 1. The molecule has 100 valence electrons. The van der Waals surface area contributed by atoms with E-state index in [2.05, 4.69) is 5.32 Å². The number of thiophene rings is 1. The zero-order valence-electron chi connectivity index (χ0n) is 10.1. The van der Waals surface area contributed by atoms with E-state index in [0.717, 1.165) is 23.6 Å². The maximum absolute atomic E-state index is 11.9. The molecule has 0 spiro atoms. The van der Waals surface area contributed by atoms with Gasteiger partial charge in [0, 0.05) is 24.0 Å². The highest BCUT2D eigenvalue weighted by atomic mass is 35.5. The molecule has 0 unspecified atom stereocenters. The summed E-state index contributed by atoms with van der Waals surface area (Å²) < 4.78 is 0.774. The van der Waals surface area contributed by atoms with Gasteiger partial charge in [-0.05, 0) is 31.4 Å². The predicted molar refractivity (Wildman–Crippen MR) is 73.2 cm³/mol. The van der Waals surface area contributed by atoms with Gasteiger partial charge in [0.1, 0.15) is 0 Å². The van der Waals surface area contributed by atoms with E-state index >= 15 is 0 Å². The fourth-order valence-electron chi connectivity index (χ4n) is 1.82. The first-order valence-corrected chi connectivity index (χ1v) is 7.29. The Morgan fingerprint density at radius 1 is 1.56 bits per heavy atom. The molecule has 0 aliphatic heterocycles. The minimum atomic E-state index is -0.0748. The molecule has 1 saturated carbocycles. The molecule has 0 atom stereocenters. The number of nitrogens with one attached hydrogen (secondary N) is 1. The van der Waals surface area contributed by atoms with Crippen LogP contribution in [0.25, 0.3) is 0 Å². The van der Waals surface area contributed by atoms with Crippen LogP contribution in [-0.2, 0) is 6.42 Å². The van der Waals surface area contributed by atoms with E-state index in [-0.39, 0.29) is 12.6 Å². The van der Waals surface area contributed by atoms with Gasteiger partial charge in [-0.25, -0.2) is 4.79 Å². The third kappa shape index (κ3) is 3.86. The summed E-state index contributed by atoms with van der Waals surface area (Å²) in [5.74, 6) is 0. The monoisotopic (exact) mass is 288 g/mol. The van der Waals surface area contributed by atoms with Gasteiger partial charge in [0.2, 0.25) is 0 Å². The van der Waals surface area contributed by atoms with Gasteiger partial charge < -0.3 is 15.3 Å². The lowest BCUT2D eigenvalue weighted by atomic mass is 10.3. The highest BCUT2D eigenvalue weighted by Gasteiger charge is 2.31. The van der Waals surface area contributed by atoms with Crippen molar-refractivity contribution in [2.75, 3.05) is 19.7 Å². The Bertz CT molecular complexity index is 407. The van der Waals surface area contributed by atoms with Crippen LogP contribution in [0.5, 0.6) is 0 Å². The van der Waals surface area contributed by atoms with Gasteiger partial charge in [-0.1, -0.05) is 11.6 Å². The van der Waals surface area contributed by atoms with Crippen LogP contribution in [0.15, 0.2) is 12.1 Å². The minimum absolute atomic E-state index is 0.0183. The second kappa shape index (κ2) is 6.41. The first-order valence-electron chi connectivity index (χ1n) is 6.10. The summed E-state index contributed by atoms with van der Waals surface area (Å²) in [6, 6.07) is 4.10. The fraction of sp³-hybridized carbons (Fsp3) is 0.583. The molecule has 1 heterocycles. The lowest BCUT2D eigenvalue weighted by molar-refractivity contribution is 0.174. The Hall–Kier alpha value is -0.780. The highest BCUT2D eigenvalue weighted by Crippen LogP contribution is 2.26. The molecule has 0 radical (unpaired) electrons. The second-order valence-electron chi connectivity index (χ2n) is 4.34.